The molecule has 1 heterocycles. The van der Waals surface area contributed by atoms with Gasteiger partial charge in [-0.15, -0.1) is 0 Å². The number of amides is 1. The second-order valence-corrected chi connectivity index (χ2v) is 5.95. The second kappa shape index (κ2) is 7.13. The minimum atomic E-state index is -0.127. The molecule has 126 valence electrons. The van der Waals surface area contributed by atoms with Gasteiger partial charge in [0.2, 0.25) is 5.95 Å². The minimum absolute atomic E-state index is 0.127. The lowest BCUT2D eigenvalue weighted by Gasteiger charge is -2.10. The summed E-state index contributed by atoms with van der Waals surface area (Å²) in [4.78, 5) is 21.2. The van der Waals surface area contributed by atoms with Crippen LogP contribution in [-0.2, 0) is 0 Å². The Balaban J connectivity index is 1.77. The average Bonchev–Trinajstić information content (AvgIpc) is 2.54. The maximum Gasteiger partial charge on any atom is 0.255 e. The van der Waals surface area contributed by atoms with Gasteiger partial charge in [-0.25, -0.2) is 9.97 Å². The van der Waals surface area contributed by atoms with Gasteiger partial charge in [-0.2, -0.15) is 0 Å². The maximum atomic E-state index is 12.4. The van der Waals surface area contributed by atoms with Crippen LogP contribution in [0.1, 0.15) is 27.3 Å². The van der Waals surface area contributed by atoms with E-state index in [4.69, 9.17) is 0 Å². The number of nitrogens with one attached hydrogen (secondary N) is 2. The molecule has 0 fully saturated rings. The molecule has 0 saturated carbocycles. The largest absolute Gasteiger partial charge is 0.324 e. The van der Waals surface area contributed by atoms with Crippen LogP contribution in [0.25, 0.3) is 0 Å². The predicted molar refractivity (Wildman–Crippen MR) is 100 cm³/mol. The topological polar surface area (TPSA) is 66.9 Å². The van der Waals surface area contributed by atoms with Crippen LogP contribution in [0.2, 0.25) is 0 Å². The van der Waals surface area contributed by atoms with Crippen LogP contribution < -0.4 is 10.6 Å². The van der Waals surface area contributed by atoms with Crippen molar-refractivity contribution in [1.82, 2.24) is 9.97 Å². The van der Waals surface area contributed by atoms with Crippen molar-refractivity contribution < 1.29 is 4.79 Å². The van der Waals surface area contributed by atoms with E-state index in [2.05, 4.69) is 20.6 Å². The van der Waals surface area contributed by atoms with E-state index in [-0.39, 0.29) is 5.91 Å². The van der Waals surface area contributed by atoms with Gasteiger partial charge in [0.05, 0.1) is 0 Å². The SMILES string of the molecule is Cc1cc(C)nc(Nc2cccc(NC(=O)c3ccccc3C)c2)n1. The van der Waals surface area contributed by atoms with E-state index in [9.17, 15) is 4.79 Å². The molecule has 5 nitrogen and oxygen atoms in total. The Labute approximate surface area is 147 Å². The zero-order valence-corrected chi connectivity index (χ0v) is 14.5. The van der Waals surface area contributed by atoms with Crippen molar-refractivity contribution in [3.8, 4) is 0 Å². The molecule has 3 aromatic rings. The molecule has 0 bridgehead atoms. The third-order valence-electron chi connectivity index (χ3n) is 3.75. The van der Waals surface area contributed by atoms with Gasteiger partial charge in [0.1, 0.15) is 0 Å². The first-order valence-corrected chi connectivity index (χ1v) is 8.07. The van der Waals surface area contributed by atoms with Gasteiger partial charge in [-0.05, 0) is 56.7 Å². The summed E-state index contributed by atoms with van der Waals surface area (Å²) in [5, 5.41) is 6.11. The van der Waals surface area contributed by atoms with E-state index < -0.39 is 0 Å². The van der Waals surface area contributed by atoms with E-state index in [0.29, 0.717) is 17.2 Å². The van der Waals surface area contributed by atoms with Crippen LogP contribution in [0.3, 0.4) is 0 Å². The van der Waals surface area contributed by atoms with E-state index in [0.717, 1.165) is 22.6 Å². The monoisotopic (exact) mass is 332 g/mol. The molecule has 1 amide bonds. The highest BCUT2D eigenvalue weighted by molar-refractivity contribution is 6.05. The molecule has 0 aliphatic heterocycles. The normalized spacial score (nSPS) is 10.4. The lowest BCUT2D eigenvalue weighted by atomic mass is 10.1. The molecule has 0 aliphatic rings. The van der Waals surface area contributed by atoms with Gasteiger partial charge in [0.25, 0.3) is 5.91 Å². The minimum Gasteiger partial charge on any atom is -0.324 e. The number of aromatic nitrogens is 2. The highest BCUT2D eigenvalue weighted by atomic mass is 16.1. The molecule has 5 heteroatoms. The van der Waals surface area contributed by atoms with Crippen molar-refractivity contribution >= 4 is 23.2 Å². The third-order valence-corrected chi connectivity index (χ3v) is 3.75. The van der Waals surface area contributed by atoms with Crippen LogP contribution in [0.15, 0.2) is 54.6 Å². The first-order chi connectivity index (χ1) is 12.0. The summed E-state index contributed by atoms with van der Waals surface area (Å²) in [6.45, 7) is 5.78. The second-order valence-electron chi connectivity index (χ2n) is 5.95. The fourth-order valence-electron chi connectivity index (χ4n) is 2.61. The Morgan fingerprint density at radius 3 is 2.24 bits per heavy atom. The summed E-state index contributed by atoms with van der Waals surface area (Å²) < 4.78 is 0. The summed E-state index contributed by atoms with van der Waals surface area (Å²) in [5.74, 6) is 0.415. The lowest BCUT2D eigenvalue weighted by Crippen LogP contribution is -2.13. The van der Waals surface area contributed by atoms with E-state index >= 15 is 0 Å². The summed E-state index contributed by atoms with van der Waals surface area (Å²) in [7, 11) is 0. The number of hydrogen-bond acceptors (Lipinski definition) is 4. The molecule has 0 saturated heterocycles. The molecule has 0 atom stereocenters. The molecular weight excluding hydrogens is 312 g/mol. The number of benzene rings is 2. The van der Waals surface area contributed by atoms with E-state index in [1.165, 1.54) is 0 Å². The van der Waals surface area contributed by atoms with Gasteiger partial charge in [-0.1, -0.05) is 24.3 Å². The third kappa shape index (κ3) is 4.20. The Hall–Kier alpha value is -3.21. The molecular formula is C20H20N4O. The van der Waals surface area contributed by atoms with Crippen molar-refractivity contribution in [3.05, 3.63) is 77.1 Å². The first kappa shape index (κ1) is 16.6. The van der Waals surface area contributed by atoms with Crippen LogP contribution >= 0.6 is 0 Å². The highest BCUT2D eigenvalue weighted by Crippen LogP contribution is 2.19. The predicted octanol–water partition coefficient (Wildman–Crippen LogP) is 4.40. The number of anilines is 3. The Morgan fingerprint density at radius 1 is 0.840 bits per heavy atom. The number of nitrogens with zero attached hydrogens (tertiary/aromatic N) is 2. The van der Waals surface area contributed by atoms with Gasteiger partial charge in [-0.3, -0.25) is 4.79 Å². The van der Waals surface area contributed by atoms with Crippen LogP contribution in [0.5, 0.6) is 0 Å². The maximum absolute atomic E-state index is 12.4. The van der Waals surface area contributed by atoms with Gasteiger partial charge in [0, 0.05) is 28.3 Å². The van der Waals surface area contributed by atoms with Crippen LogP contribution in [-0.4, -0.2) is 15.9 Å². The van der Waals surface area contributed by atoms with Crippen molar-refractivity contribution in [2.75, 3.05) is 10.6 Å². The van der Waals surface area contributed by atoms with Crippen molar-refractivity contribution in [3.63, 3.8) is 0 Å². The molecule has 1 aromatic heterocycles. The molecule has 25 heavy (non-hydrogen) atoms. The molecule has 0 radical (unpaired) electrons. The lowest BCUT2D eigenvalue weighted by molar-refractivity contribution is 0.102. The van der Waals surface area contributed by atoms with Gasteiger partial charge >= 0.3 is 0 Å². The van der Waals surface area contributed by atoms with Crippen molar-refractivity contribution in [2.24, 2.45) is 0 Å². The molecule has 2 N–H and O–H groups in total. The number of rotatable bonds is 4. The fraction of sp³-hybridized carbons (Fsp3) is 0.150. The highest BCUT2D eigenvalue weighted by Gasteiger charge is 2.09. The Bertz CT molecular complexity index is 901. The van der Waals surface area contributed by atoms with Crippen molar-refractivity contribution in [1.29, 1.82) is 0 Å². The van der Waals surface area contributed by atoms with E-state index in [1.807, 2.05) is 75.4 Å². The van der Waals surface area contributed by atoms with Crippen LogP contribution in [0.4, 0.5) is 17.3 Å². The standard InChI is InChI=1S/C20H20N4O/c1-13-7-4-5-10-18(13)19(25)23-16-8-6-9-17(12-16)24-20-21-14(2)11-15(3)22-20/h4-12H,1-3H3,(H,23,25)(H,21,22,24). The zero-order chi connectivity index (χ0) is 17.8. The summed E-state index contributed by atoms with van der Waals surface area (Å²) >= 11 is 0. The quantitative estimate of drug-likeness (QED) is 0.743. The molecule has 0 unspecified atom stereocenters. The van der Waals surface area contributed by atoms with E-state index in [1.54, 1.807) is 0 Å². The number of hydrogen-bond donors (Lipinski definition) is 2. The molecule has 0 spiro atoms. The molecule has 3 rings (SSSR count). The zero-order valence-electron chi connectivity index (χ0n) is 14.5. The number of carbonyl (C=O) groups excluding carboxylic acids is 1. The summed E-state index contributed by atoms with van der Waals surface area (Å²) in [6.07, 6.45) is 0. The summed E-state index contributed by atoms with van der Waals surface area (Å²) in [6, 6.07) is 16.9. The van der Waals surface area contributed by atoms with Crippen molar-refractivity contribution in [2.45, 2.75) is 20.8 Å². The van der Waals surface area contributed by atoms with Gasteiger partial charge < -0.3 is 10.6 Å². The Morgan fingerprint density at radius 2 is 1.52 bits per heavy atom. The Kier molecular flexibility index (Phi) is 4.75. The van der Waals surface area contributed by atoms with Crippen LogP contribution in [0, 0.1) is 20.8 Å². The molecule has 0 aliphatic carbocycles. The van der Waals surface area contributed by atoms with Gasteiger partial charge in [0.15, 0.2) is 0 Å². The number of aryl methyl sites for hydroxylation is 3. The summed E-state index contributed by atoms with van der Waals surface area (Å²) in [5.41, 5.74) is 4.93. The smallest absolute Gasteiger partial charge is 0.255 e. The average molecular weight is 332 g/mol. The number of carbonyl (C=O) groups is 1. The molecule has 2 aromatic carbocycles. The fourth-order valence-corrected chi connectivity index (χ4v) is 2.61. The first-order valence-electron chi connectivity index (χ1n) is 8.07.